The molecule has 4 unspecified atom stereocenters. The smallest absolute Gasteiger partial charge is 0.302 e. The van der Waals surface area contributed by atoms with Crippen LogP contribution in [0.25, 0.3) is 0 Å². The van der Waals surface area contributed by atoms with Gasteiger partial charge in [-0.05, 0) is 68.2 Å². The molecule has 234 valence electrons. The molecule has 1 aromatic rings. The number of hydrogen-bond acceptors (Lipinski definition) is 6. The third-order valence-electron chi connectivity index (χ3n) is 8.53. The number of benzene rings is 1. The highest BCUT2D eigenvalue weighted by atomic mass is 19.2. The molecular formula is C32H46F3N3O4. The quantitative estimate of drug-likeness (QED) is 0.357. The first-order valence-corrected chi connectivity index (χ1v) is 15.0. The average molecular weight is 594 g/mol. The molecule has 2 saturated heterocycles. The number of anilines is 1. The minimum Gasteiger partial charge on any atom is -0.494 e. The maximum atomic E-state index is 13.4. The number of nitrogens with one attached hydrogen (secondary N) is 1. The lowest BCUT2D eigenvalue weighted by Gasteiger charge is -2.38. The Morgan fingerprint density at radius 1 is 1.07 bits per heavy atom. The van der Waals surface area contributed by atoms with Gasteiger partial charge >= 0.3 is 5.97 Å². The summed E-state index contributed by atoms with van der Waals surface area (Å²) in [6, 6.07) is 5.59. The SMILES string of the molecule is CC(=O)OCC(C)C1C=C(F)C(F)=CC1.CCC(C)C(=O)NC1CCN(C2CCN(c3ccc(F)cc3OC)CC2)C1. The van der Waals surface area contributed by atoms with Crippen molar-refractivity contribution >= 4 is 17.6 Å². The molecule has 4 rings (SSSR count). The van der Waals surface area contributed by atoms with Crippen LogP contribution < -0.4 is 15.0 Å². The van der Waals surface area contributed by atoms with Crippen LogP contribution >= 0.6 is 0 Å². The molecule has 2 aliphatic heterocycles. The third kappa shape index (κ3) is 9.51. The van der Waals surface area contributed by atoms with Crippen molar-refractivity contribution in [3.8, 4) is 5.75 Å². The van der Waals surface area contributed by atoms with E-state index >= 15 is 0 Å². The number of likely N-dealkylation sites (tertiary alicyclic amines) is 1. The van der Waals surface area contributed by atoms with Gasteiger partial charge in [-0.3, -0.25) is 14.5 Å². The number of amides is 1. The second kappa shape index (κ2) is 16.0. The third-order valence-corrected chi connectivity index (χ3v) is 8.53. The van der Waals surface area contributed by atoms with E-state index in [9.17, 15) is 22.8 Å². The first kappa shape index (κ1) is 33.5. The predicted molar refractivity (Wildman–Crippen MR) is 158 cm³/mol. The lowest BCUT2D eigenvalue weighted by Crippen LogP contribution is -2.46. The number of rotatable bonds is 9. The van der Waals surface area contributed by atoms with Crippen molar-refractivity contribution in [2.75, 3.05) is 44.8 Å². The van der Waals surface area contributed by atoms with Crippen molar-refractivity contribution in [1.82, 2.24) is 10.2 Å². The molecule has 42 heavy (non-hydrogen) atoms. The van der Waals surface area contributed by atoms with Crippen molar-refractivity contribution in [2.45, 2.75) is 71.9 Å². The Morgan fingerprint density at radius 2 is 1.79 bits per heavy atom. The summed E-state index contributed by atoms with van der Waals surface area (Å²) < 4.78 is 49.2. The minimum absolute atomic E-state index is 0.0102. The summed E-state index contributed by atoms with van der Waals surface area (Å²) in [5.74, 6) is -1.49. The van der Waals surface area contributed by atoms with Gasteiger partial charge in [0.2, 0.25) is 5.91 Å². The number of hydrogen-bond donors (Lipinski definition) is 1. The molecule has 1 amide bonds. The van der Waals surface area contributed by atoms with Crippen LogP contribution in [-0.2, 0) is 14.3 Å². The molecule has 0 spiro atoms. The van der Waals surface area contributed by atoms with Gasteiger partial charge in [0.1, 0.15) is 11.6 Å². The summed E-state index contributed by atoms with van der Waals surface area (Å²) in [4.78, 5) is 27.5. The maximum Gasteiger partial charge on any atom is 0.302 e. The van der Waals surface area contributed by atoms with Crippen molar-refractivity contribution < 1.29 is 32.2 Å². The van der Waals surface area contributed by atoms with Gasteiger partial charge in [0.25, 0.3) is 0 Å². The molecular weight excluding hydrogens is 547 g/mol. The number of carbonyl (C=O) groups is 2. The first-order valence-electron chi connectivity index (χ1n) is 15.0. The molecule has 2 heterocycles. The Kier molecular flexibility index (Phi) is 12.8. The molecule has 0 saturated carbocycles. The molecule has 4 atom stereocenters. The van der Waals surface area contributed by atoms with Gasteiger partial charge in [0, 0.05) is 57.2 Å². The van der Waals surface area contributed by atoms with Crippen molar-refractivity contribution in [3.05, 3.63) is 47.8 Å². The predicted octanol–water partition coefficient (Wildman–Crippen LogP) is 5.95. The lowest BCUT2D eigenvalue weighted by molar-refractivity contribution is -0.142. The Balaban J connectivity index is 0.000000274. The van der Waals surface area contributed by atoms with Crippen LogP contribution in [-0.4, -0.2) is 68.8 Å². The fraction of sp³-hybridized carbons (Fsp3) is 0.625. The highest BCUT2D eigenvalue weighted by Gasteiger charge is 2.32. The van der Waals surface area contributed by atoms with Gasteiger partial charge in [0.15, 0.2) is 11.7 Å². The van der Waals surface area contributed by atoms with Crippen molar-refractivity contribution in [3.63, 3.8) is 0 Å². The van der Waals surface area contributed by atoms with E-state index in [2.05, 4.69) is 22.0 Å². The summed E-state index contributed by atoms with van der Waals surface area (Å²) in [7, 11) is 1.59. The van der Waals surface area contributed by atoms with E-state index in [1.807, 2.05) is 19.9 Å². The van der Waals surface area contributed by atoms with E-state index in [0.717, 1.165) is 57.5 Å². The Morgan fingerprint density at radius 3 is 2.40 bits per heavy atom. The van der Waals surface area contributed by atoms with E-state index in [0.29, 0.717) is 18.2 Å². The number of esters is 1. The zero-order valence-corrected chi connectivity index (χ0v) is 25.5. The van der Waals surface area contributed by atoms with Crippen LogP contribution in [0, 0.1) is 23.6 Å². The molecule has 1 aliphatic carbocycles. The summed E-state index contributed by atoms with van der Waals surface area (Å²) in [5.41, 5.74) is 0.970. The van der Waals surface area contributed by atoms with E-state index in [4.69, 9.17) is 9.47 Å². The zero-order valence-electron chi connectivity index (χ0n) is 25.5. The number of methoxy groups -OCH3 is 1. The number of ether oxygens (including phenoxy) is 2. The number of halogens is 3. The molecule has 0 aromatic heterocycles. The highest BCUT2D eigenvalue weighted by Crippen LogP contribution is 2.33. The first-order chi connectivity index (χ1) is 20.0. The summed E-state index contributed by atoms with van der Waals surface area (Å²) in [6.07, 6.45) is 7.00. The molecule has 10 heteroatoms. The summed E-state index contributed by atoms with van der Waals surface area (Å²) in [5, 5.41) is 3.21. The van der Waals surface area contributed by atoms with Gasteiger partial charge in [0.05, 0.1) is 19.4 Å². The molecule has 0 radical (unpaired) electrons. The van der Waals surface area contributed by atoms with E-state index < -0.39 is 11.7 Å². The highest BCUT2D eigenvalue weighted by molar-refractivity contribution is 5.78. The largest absolute Gasteiger partial charge is 0.494 e. The maximum absolute atomic E-state index is 13.4. The Bertz CT molecular complexity index is 1120. The summed E-state index contributed by atoms with van der Waals surface area (Å²) >= 11 is 0. The Labute approximate surface area is 248 Å². The van der Waals surface area contributed by atoms with Gasteiger partial charge in [-0.25, -0.2) is 13.2 Å². The van der Waals surface area contributed by atoms with Crippen LogP contribution in [0.2, 0.25) is 0 Å². The van der Waals surface area contributed by atoms with E-state index in [1.165, 1.54) is 31.2 Å². The number of carbonyl (C=O) groups excluding carboxylic acids is 2. The molecule has 0 bridgehead atoms. The Hall–Kier alpha value is -3.01. The number of allylic oxidation sites excluding steroid dienone is 4. The molecule has 7 nitrogen and oxygen atoms in total. The fourth-order valence-corrected chi connectivity index (χ4v) is 5.59. The zero-order chi connectivity index (χ0) is 30.8. The minimum atomic E-state index is -0.819. The second-order valence-corrected chi connectivity index (χ2v) is 11.6. The standard InChI is InChI=1S/C21H32FN3O2.C11H14F2O2/c1-4-15(2)21(26)23-17-7-10-25(14-17)18-8-11-24(12-9-18)19-6-5-16(22)13-20(19)27-3;1-7(6-15-8(2)14)9-3-4-10(12)11(13)5-9/h5-6,13,15,17-18H,4,7-12,14H2,1-3H3,(H,23,26);4-5,7,9H,3,6H2,1-2H3. The van der Waals surface area contributed by atoms with Crippen LogP contribution in [0.1, 0.15) is 59.8 Å². The second-order valence-electron chi connectivity index (χ2n) is 11.6. The molecule has 1 N–H and O–H groups in total. The molecule has 1 aromatic carbocycles. The lowest BCUT2D eigenvalue weighted by atomic mass is 9.88. The van der Waals surface area contributed by atoms with Crippen LogP contribution in [0.3, 0.4) is 0 Å². The van der Waals surface area contributed by atoms with Gasteiger partial charge < -0.3 is 19.7 Å². The number of piperidine rings is 1. The average Bonchev–Trinajstić information content (AvgIpc) is 3.45. The van der Waals surface area contributed by atoms with E-state index in [-0.39, 0.29) is 48.1 Å². The normalized spacial score (nSPS) is 22.7. The van der Waals surface area contributed by atoms with Crippen molar-refractivity contribution in [1.29, 1.82) is 0 Å². The van der Waals surface area contributed by atoms with Crippen LogP contribution in [0.5, 0.6) is 5.75 Å². The van der Waals surface area contributed by atoms with Crippen LogP contribution in [0.15, 0.2) is 42.0 Å². The number of nitrogens with zero attached hydrogens (tertiary/aromatic N) is 2. The monoisotopic (exact) mass is 593 g/mol. The fourth-order valence-electron chi connectivity index (χ4n) is 5.59. The molecule has 2 fully saturated rings. The van der Waals surface area contributed by atoms with Crippen LogP contribution in [0.4, 0.5) is 18.9 Å². The van der Waals surface area contributed by atoms with Gasteiger partial charge in [-0.2, -0.15) is 0 Å². The van der Waals surface area contributed by atoms with Crippen molar-refractivity contribution in [2.24, 2.45) is 17.8 Å². The van der Waals surface area contributed by atoms with E-state index in [1.54, 1.807) is 7.11 Å². The van der Waals surface area contributed by atoms with Gasteiger partial charge in [-0.15, -0.1) is 0 Å². The molecule has 3 aliphatic rings. The van der Waals surface area contributed by atoms with Gasteiger partial charge in [-0.1, -0.05) is 20.8 Å². The topological polar surface area (TPSA) is 71.1 Å². The summed E-state index contributed by atoms with van der Waals surface area (Å²) in [6.45, 7) is 11.3.